The van der Waals surface area contributed by atoms with Crippen LogP contribution in [-0.2, 0) is 9.59 Å². The number of piperidine rings is 1. The molecule has 0 aromatic heterocycles. The van der Waals surface area contributed by atoms with Crippen LogP contribution in [0.3, 0.4) is 0 Å². The monoisotopic (exact) mass is 401 g/mol. The first-order valence-corrected chi connectivity index (χ1v) is 10.7. The zero-order chi connectivity index (χ0) is 21.0. The maximum atomic E-state index is 13.5. The van der Waals surface area contributed by atoms with Crippen molar-refractivity contribution in [3.63, 3.8) is 0 Å². The first-order valence-electron chi connectivity index (χ1n) is 10.7. The zero-order valence-corrected chi connectivity index (χ0v) is 17.8. The molecule has 0 aliphatic carbocycles. The van der Waals surface area contributed by atoms with Gasteiger partial charge in [0.05, 0.1) is 5.57 Å². The fraction of sp³-hybridized carbons (Fsp3) is 0.565. The van der Waals surface area contributed by atoms with Crippen LogP contribution in [0.2, 0.25) is 0 Å². The summed E-state index contributed by atoms with van der Waals surface area (Å²) in [5.74, 6) is -0.826. The Morgan fingerprint density at radius 3 is 2.31 bits per heavy atom. The smallest absolute Gasteiger partial charge is 0.277 e. The summed E-state index contributed by atoms with van der Waals surface area (Å²) < 4.78 is 13.5. The molecule has 158 valence electrons. The third kappa shape index (κ3) is 4.69. The van der Waals surface area contributed by atoms with Gasteiger partial charge < -0.3 is 9.80 Å². The van der Waals surface area contributed by atoms with E-state index in [1.807, 2.05) is 11.9 Å². The van der Waals surface area contributed by atoms with E-state index in [2.05, 4.69) is 18.9 Å². The summed E-state index contributed by atoms with van der Waals surface area (Å²) >= 11 is 0. The number of carbonyl (C=O) groups excluding carboxylic acids is 2. The zero-order valence-electron chi connectivity index (χ0n) is 17.8. The van der Waals surface area contributed by atoms with Crippen LogP contribution in [0, 0.1) is 5.82 Å². The molecule has 1 fully saturated rings. The number of benzene rings is 1. The van der Waals surface area contributed by atoms with Gasteiger partial charge in [0.15, 0.2) is 0 Å². The Morgan fingerprint density at radius 1 is 1.03 bits per heavy atom. The number of hydrogen-bond donors (Lipinski definition) is 0. The van der Waals surface area contributed by atoms with E-state index in [1.165, 1.54) is 17.0 Å². The van der Waals surface area contributed by atoms with Gasteiger partial charge in [0.2, 0.25) is 0 Å². The lowest BCUT2D eigenvalue weighted by molar-refractivity contribution is -0.137. The number of nitrogens with zero attached hydrogens (tertiary/aromatic N) is 3. The summed E-state index contributed by atoms with van der Waals surface area (Å²) in [4.78, 5) is 32.2. The van der Waals surface area contributed by atoms with Crippen molar-refractivity contribution in [2.75, 3.05) is 33.7 Å². The first-order chi connectivity index (χ1) is 13.9. The fourth-order valence-electron chi connectivity index (χ4n) is 4.23. The Balaban J connectivity index is 1.90. The molecule has 0 spiro atoms. The maximum Gasteiger partial charge on any atom is 0.277 e. The number of likely N-dealkylation sites (N-methyl/N-ethyl adjacent to an activating group) is 1. The maximum absolute atomic E-state index is 13.5. The first kappa shape index (κ1) is 21.5. The van der Waals surface area contributed by atoms with Gasteiger partial charge in [-0.1, -0.05) is 38.3 Å². The molecule has 2 heterocycles. The minimum atomic E-state index is -0.354. The number of imide groups is 1. The second kappa shape index (κ2) is 9.53. The predicted molar refractivity (Wildman–Crippen MR) is 112 cm³/mol. The van der Waals surface area contributed by atoms with Crippen LogP contribution in [0.25, 0.3) is 5.57 Å². The van der Waals surface area contributed by atoms with Crippen LogP contribution in [0.5, 0.6) is 0 Å². The molecular formula is C23H32FN3O2. The molecule has 1 aromatic carbocycles. The molecule has 0 radical (unpaired) electrons. The Morgan fingerprint density at radius 2 is 1.69 bits per heavy atom. The van der Waals surface area contributed by atoms with E-state index in [1.54, 1.807) is 12.1 Å². The van der Waals surface area contributed by atoms with Gasteiger partial charge in [-0.3, -0.25) is 14.5 Å². The van der Waals surface area contributed by atoms with Crippen molar-refractivity contribution >= 4 is 17.4 Å². The average Bonchev–Trinajstić information content (AvgIpc) is 2.96. The van der Waals surface area contributed by atoms with Crippen LogP contribution < -0.4 is 0 Å². The van der Waals surface area contributed by atoms with E-state index in [9.17, 15) is 14.0 Å². The molecule has 2 aliphatic rings. The van der Waals surface area contributed by atoms with Gasteiger partial charge >= 0.3 is 0 Å². The number of amides is 2. The molecule has 1 aromatic rings. The van der Waals surface area contributed by atoms with Crippen molar-refractivity contribution in [3.8, 4) is 0 Å². The summed E-state index contributed by atoms with van der Waals surface area (Å²) in [6.45, 7) is 4.51. The van der Waals surface area contributed by atoms with Crippen molar-refractivity contribution in [2.45, 2.75) is 51.5 Å². The van der Waals surface area contributed by atoms with E-state index in [-0.39, 0.29) is 23.7 Å². The highest BCUT2D eigenvalue weighted by atomic mass is 19.1. The highest BCUT2D eigenvalue weighted by Crippen LogP contribution is 2.33. The molecule has 0 saturated carbocycles. The van der Waals surface area contributed by atoms with Gasteiger partial charge in [-0.25, -0.2) is 4.39 Å². The lowest BCUT2D eigenvalue weighted by Gasteiger charge is -2.36. The molecule has 0 unspecified atom stereocenters. The predicted octanol–water partition coefficient (Wildman–Crippen LogP) is 3.51. The van der Waals surface area contributed by atoms with Gasteiger partial charge in [-0.05, 0) is 57.1 Å². The molecule has 2 amide bonds. The molecule has 0 N–H and O–H groups in total. The lowest BCUT2D eigenvalue weighted by atomic mass is 10.00. The quantitative estimate of drug-likeness (QED) is 0.494. The normalized spacial score (nSPS) is 18.8. The van der Waals surface area contributed by atoms with Gasteiger partial charge in [-0.15, -0.1) is 0 Å². The number of hydrogen-bond acceptors (Lipinski definition) is 4. The van der Waals surface area contributed by atoms with Gasteiger partial charge in [-0.2, -0.15) is 0 Å². The van der Waals surface area contributed by atoms with Gasteiger partial charge in [0, 0.05) is 19.6 Å². The topological polar surface area (TPSA) is 43.9 Å². The van der Waals surface area contributed by atoms with Crippen molar-refractivity contribution in [1.29, 1.82) is 0 Å². The molecule has 2 aliphatic heterocycles. The van der Waals surface area contributed by atoms with Crippen LogP contribution in [0.4, 0.5) is 4.39 Å². The van der Waals surface area contributed by atoms with Crippen molar-refractivity contribution < 1.29 is 14.0 Å². The Kier molecular flexibility index (Phi) is 7.06. The van der Waals surface area contributed by atoms with Crippen LogP contribution in [0.15, 0.2) is 30.0 Å². The van der Waals surface area contributed by atoms with Gasteiger partial charge in [0.25, 0.3) is 11.8 Å². The van der Waals surface area contributed by atoms with E-state index in [4.69, 9.17) is 0 Å². The third-order valence-electron chi connectivity index (χ3n) is 6.10. The van der Waals surface area contributed by atoms with Gasteiger partial charge in [0.1, 0.15) is 11.5 Å². The fourth-order valence-corrected chi connectivity index (χ4v) is 4.23. The average molecular weight is 402 g/mol. The molecule has 0 bridgehead atoms. The highest BCUT2D eigenvalue weighted by molar-refractivity contribution is 6.35. The Hall–Kier alpha value is -2.21. The summed E-state index contributed by atoms with van der Waals surface area (Å²) in [5, 5.41) is 0. The standard InChI is InChI=1S/C23H32FN3O2/c1-4-5-6-7-14-27-22(28)20(17-8-10-18(24)11-9-17)21(23(27)29)26(3)19-12-15-25(2)16-13-19/h8-11,19H,4-7,12-16H2,1-3H3. The Bertz CT molecular complexity index is 767. The molecular weight excluding hydrogens is 369 g/mol. The summed E-state index contributed by atoms with van der Waals surface area (Å²) in [6.07, 6.45) is 5.91. The molecule has 3 rings (SSSR count). The molecule has 1 saturated heterocycles. The van der Waals surface area contributed by atoms with E-state index < -0.39 is 0 Å². The molecule has 29 heavy (non-hydrogen) atoms. The van der Waals surface area contributed by atoms with E-state index in [0.717, 1.165) is 51.6 Å². The van der Waals surface area contributed by atoms with Crippen molar-refractivity contribution in [3.05, 3.63) is 41.3 Å². The second-order valence-corrected chi connectivity index (χ2v) is 8.20. The summed E-state index contributed by atoms with van der Waals surface area (Å²) in [7, 11) is 4.02. The minimum Gasteiger partial charge on any atom is -0.366 e. The largest absolute Gasteiger partial charge is 0.366 e. The van der Waals surface area contributed by atoms with E-state index >= 15 is 0 Å². The van der Waals surface area contributed by atoms with E-state index in [0.29, 0.717) is 23.4 Å². The molecule has 6 heteroatoms. The number of halogens is 1. The van der Waals surface area contributed by atoms with Crippen LogP contribution in [0.1, 0.15) is 51.0 Å². The third-order valence-corrected chi connectivity index (χ3v) is 6.10. The molecule has 0 atom stereocenters. The van der Waals surface area contributed by atoms with Crippen molar-refractivity contribution in [2.24, 2.45) is 0 Å². The molecule has 5 nitrogen and oxygen atoms in total. The van der Waals surface area contributed by atoms with Crippen LogP contribution >= 0.6 is 0 Å². The number of likely N-dealkylation sites (tertiary alicyclic amines) is 1. The second-order valence-electron chi connectivity index (χ2n) is 8.20. The summed E-state index contributed by atoms with van der Waals surface area (Å²) in [5.41, 5.74) is 1.48. The lowest BCUT2D eigenvalue weighted by Crippen LogP contribution is -2.43. The number of carbonyl (C=O) groups is 2. The SMILES string of the molecule is CCCCCCN1C(=O)C(c2ccc(F)cc2)=C(N(C)C2CCN(C)CC2)C1=O. The highest BCUT2D eigenvalue weighted by Gasteiger charge is 2.42. The number of unbranched alkanes of at least 4 members (excludes halogenated alkanes) is 3. The van der Waals surface area contributed by atoms with Crippen LogP contribution in [-0.4, -0.2) is 66.3 Å². The number of rotatable bonds is 8. The Labute approximate surface area is 173 Å². The minimum absolute atomic E-state index is 0.216. The summed E-state index contributed by atoms with van der Waals surface area (Å²) in [6, 6.07) is 6.10. The van der Waals surface area contributed by atoms with Crippen molar-refractivity contribution in [1.82, 2.24) is 14.7 Å².